The van der Waals surface area contributed by atoms with E-state index in [4.69, 9.17) is 4.74 Å². The average molecular weight is 312 g/mol. The molecule has 128 valence electrons. The number of amides is 1. The molecule has 5 nitrogen and oxygen atoms in total. The van der Waals surface area contributed by atoms with E-state index in [1.807, 2.05) is 34.6 Å². The molecule has 0 spiro atoms. The van der Waals surface area contributed by atoms with Crippen LogP contribution in [0.25, 0.3) is 0 Å². The van der Waals surface area contributed by atoms with Gasteiger partial charge in [0.05, 0.1) is 18.7 Å². The summed E-state index contributed by atoms with van der Waals surface area (Å²) in [6.45, 7) is 16.3. The number of aliphatic imine (C=N–C) groups is 1. The van der Waals surface area contributed by atoms with Crippen molar-refractivity contribution in [3.8, 4) is 0 Å². The molecule has 0 aromatic rings. The second-order valence-electron chi connectivity index (χ2n) is 8.83. The maximum absolute atomic E-state index is 12.6. The summed E-state index contributed by atoms with van der Waals surface area (Å²) < 4.78 is 5.71. The highest BCUT2D eigenvalue weighted by molar-refractivity contribution is 6.04. The lowest BCUT2D eigenvalue weighted by molar-refractivity contribution is -0.128. The molecule has 2 N–H and O–H groups in total. The first-order valence-electron chi connectivity index (χ1n) is 7.93. The number of aliphatic hydroxyl groups is 1. The summed E-state index contributed by atoms with van der Waals surface area (Å²) in [4.78, 5) is 17.3. The predicted octanol–water partition coefficient (Wildman–Crippen LogP) is 2.38. The van der Waals surface area contributed by atoms with Crippen LogP contribution in [0.15, 0.2) is 4.99 Å². The average Bonchev–Trinajstić information content (AvgIpc) is 2.83. The zero-order valence-electron chi connectivity index (χ0n) is 15.3. The highest BCUT2D eigenvalue weighted by Gasteiger charge is 2.42. The van der Waals surface area contributed by atoms with Crippen molar-refractivity contribution >= 4 is 11.8 Å². The Hall–Kier alpha value is -1.10. The fourth-order valence-electron chi connectivity index (χ4n) is 2.13. The number of carbonyl (C=O) groups excluding carboxylic acids is 1. The molecule has 1 unspecified atom stereocenters. The molecular formula is C17H32N2O3. The van der Waals surface area contributed by atoms with E-state index in [1.165, 1.54) is 0 Å². The molecule has 1 aliphatic heterocycles. The number of ether oxygens (including phenoxy) is 1. The molecule has 0 aliphatic carbocycles. The van der Waals surface area contributed by atoms with E-state index in [0.717, 1.165) is 0 Å². The van der Waals surface area contributed by atoms with Gasteiger partial charge in [-0.3, -0.25) is 4.79 Å². The van der Waals surface area contributed by atoms with E-state index in [1.54, 1.807) is 0 Å². The summed E-state index contributed by atoms with van der Waals surface area (Å²) in [5.41, 5.74) is -1.06. The van der Waals surface area contributed by atoms with Gasteiger partial charge in [0, 0.05) is 0 Å². The molecule has 22 heavy (non-hydrogen) atoms. The van der Waals surface area contributed by atoms with Crippen LogP contribution in [-0.2, 0) is 9.53 Å². The standard InChI is InChI=1S/C17H32N2O3/c1-15(2,3)11(9-20)18-13(21)17(7,8)14-19-12(10-22-14)16(4,5)6/h11-12,20H,9-10H2,1-8H3,(H,18,21)/t11?,12-/m1/s1. The van der Waals surface area contributed by atoms with Crippen LogP contribution in [0.5, 0.6) is 0 Å². The molecule has 0 saturated heterocycles. The molecule has 0 aromatic carbocycles. The Kier molecular flexibility index (Phi) is 5.33. The van der Waals surface area contributed by atoms with Crippen molar-refractivity contribution in [3.63, 3.8) is 0 Å². The smallest absolute Gasteiger partial charge is 0.235 e. The first kappa shape index (κ1) is 18.9. The number of rotatable bonds is 4. The molecule has 1 amide bonds. The zero-order valence-corrected chi connectivity index (χ0v) is 15.3. The van der Waals surface area contributed by atoms with Gasteiger partial charge in [0.25, 0.3) is 0 Å². The normalized spacial score (nSPS) is 21.1. The summed E-state index contributed by atoms with van der Waals surface area (Å²) in [7, 11) is 0. The largest absolute Gasteiger partial charge is 0.478 e. The summed E-state index contributed by atoms with van der Waals surface area (Å²) >= 11 is 0. The number of nitrogens with zero attached hydrogens (tertiary/aromatic N) is 1. The van der Waals surface area contributed by atoms with Crippen molar-refractivity contribution in [2.75, 3.05) is 13.2 Å². The number of hydrogen-bond donors (Lipinski definition) is 2. The van der Waals surface area contributed by atoms with Crippen LogP contribution in [-0.4, -0.2) is 42.2 Å². The van der Waals surface area contributed by atoms with Crippen LogP contribution in [0.4, 0.5) is 0 Å². The van der Waals surface area contributed by atoms with Crippen molar-refractivity contribution in [2.24, 2.45) is 21.2 Å². The van der Waals surface area contributed by atoms with Crippen molar-refractivity contribution in [3.05, 3.63) is 0 Å². The molecule has 5 heteroatoms. The topological polar surface area (TPSA) is 70.9 Å². The Bertz CT molecular complexity index is 442. The van der Waals surface area contributed by atoms with Crippen molar-refractivity contribution in [1.29, 1.82) is 0 Å². The van der Waals surface area contributed by atoms with Gasteiger partial charge in [-0.05, 0) is 24.7 Å². The lowest BCUT2D eigenvalue weighted by Gasteiger charge is -2.33. The van der Waals surface area contributed by atoms with Gasteiger partial charge < -0.3 is 15.2 Å². The SMILES string of the molecule is CC(C)(C(=O)NC(CO)C(C)(C)C)C1=N[C@@H](C(C)(C)C)CO1. The molecule has 1 rings (SSSR count). The Morgan fingerprint density at radius 3 is 2.18 bits per heavy atom. The molecule has 0 radical (unpaired) electrons. The highest BCUT2D eigenvalue weighted by atomic mass is 16.5. The fraction of sp³-hybridized carbons (Fsp3) is 0.882. The molecule has 0 aromatic heterocycles. The summed E-state index contributed by atoms with van der Waals surface area (Å²) in [6, 6.07) is -0.245. The minimum absolute atomic E-state index is 0.00729. The Morgan fingerprint density at radius 2 is 1.82 bits per heavy atom. The molecule has 0 saturated carbocycles. The first-order valence-corrected chi connectivity index (χ1v) is 7.93. The Morgan fingerprint density at radius 1 is 1.27 bits per heavy atom. The molecule has 0 bridgehead atoms. The number of nitrogens with one attached hydrogen (secondary N) is 1. The maximum atomic E-state index is 12.6. The number of carbonyl (C=O) groups is 1. The molecule has 1 heterocycles. The quantitative estimate of drug-likeness (QED) is 0.837. The van der Waals surface area contributed by atoms with Crippen LogP contribution in [0.2, 0.25) is 0 Å². The second kappa shape index (κ2) is 6.19. The minimum atomic E-state index is -0.849. The van der Waals surface area contributed by atoms with Crippen molar-refractivity contribution < 1.29 is 14.6 Å². The minimum Gasteiger partial charge on any atom is -0.478 e. The van der Waals surface area contributed by atoms with Gasteiger partial charge >= 0.3 is 0 Å². The van der Waals surface area contributed by atoms with Crippen LogP contribution in [0, 0.1) is 16.2 Å². The fourth-order valence-corrected chi connectivity index (χ4v) is 2.13. The lowest BCUT2D eigenvalue weighted by Crippen LogP contribution is -2.52. The predicted molar refractivity (Wildman–Crippen MR) is 88.9 cm³/mol. The number of aliphatic hydroxyl groups excluding tert-OH is 1. The van der Waals surface area contributed by atoms with Gasteiger partial charge in [0.15, 0.2) is 5.90 Å². The van der Waals surface area contributed by atoms with E-state index < -0.39 is 5.41 Å². The molecule has 0 fully saturated rings. The van der Waals surface area contributed by atoms with Gasteiger partial charge in [-0.25, -0.2) is 4.99 Å². The number of hydrogen-bond acceptors (Lipinski definition) is 4. The summed E-state index contributed by atoms with van der Waals surface area (Å²) in [5, 5.41) is 12.4. The second-order valence-corrected chi connectivity index (χ2v) is 8.83. The van der Waals surface area contributed by atoms with Gasteiger partial charge in [-0.15, -0.1) is 0 Å². The van der Waals surface area contributed by atoms with Crippen LogP contribution in [0.1, 0.15) is 55.4 Å². The maximum Gasteiger partial charge on any atom is 0.235 e. The third-order valence-electron chi connectivity index (χ3n) is 4.29. The van der Waals surface area contributed by atoms with E-state index in [2.05, 4.69) is 31.1 Å². The Balaban J connectivity index is 2.88. The van der Waals surface area contributed by atoms with E-state index in [-0.39, 0.29) is 35.4 Å². The van der Waals surface area contributed by atoms with Crippen molar-refractivity contribution in [2.45, 2.75) is 67.5 Å². The first-order chi connectivity index (χ1) is 9.80. The lowest BCUT2D eigenvalue weighted by atomic mass is 9.85. The monoisotopic (exact) mass is 312 g/mol. The van der Waals surface area contributed by atoms with E-state index in [0.29, 0.717) is 12.5 Å². The molecular weight excluding hydrogens is 280 g/mol. The van der Waals surface area contributed by atoms with Gasteiger partial charge in [0.1, 0.15) is 12.0 Å². The van der Waals surface area contributed by atoms with Gasteiger partial charge in [0.2, 0.25) is 5.91 Å². The zero-order chi connectivity index (χ0) is 17.3. The third-order valence-corrected chi connectivity index (χ3v) is 4.29. The molecule has 1 aliphatic rings. The van der Waals surface area contributed by atoms with Crippen molar-refractivity contribution in [1.82, 2.24) is 5.32 Å². The molecule has 2 atom stereocenters. The van der Waals surface area contributed by atoms with Crippen LogP contribution < -0.4 is 5.32 Å². The van der Waals surface area contributed by atoms with Crippen LogP contribution >= 0.6 is 0 Å². The highest BCUT2D eigenvalue weighted by Crippen LogP contribution is 2.31. The van der Waals surface area contributed by atoms with Gasteiger partial charge in [-0.1, -0.05) is 41.5 Å². The Labute approximate surface area is 134 Å². The summed E-state index contributed by atoms with van der Waals surface area (Å²) in [6.07, 6.45) is 0. The van der Waals surface area contributed by atoms with E-state index in [9.17, 15) is 9.90 Å². The third kappa shape index (κ3) is 4.22. The summed E-state index contributed by atoms with van der Waals surface area (Å²) in [5.74, 6) is 0.310. The van der Waals surface area contributed by atoms with Gasteiger partial charge in [-0.2, -0.15) is 0 Å². The van der Waals surface area contributed by atoms with E-state index >= 15 is 0 Å². The van der Waals surface area contributed by atoms with Crippen LogP contribution in [0.3, 0.4) is 0 Å².